The minimum Gasteiger partial charge on any atom is -0.325 e. The van der Waals surface area contributed by atoms with Crippen LogP contribution in [0.5, 0.6) is 0 Å². The molecule has 1 saturated heterocycles. The van der Waals surface area contributed by atoms with Gasteiger partial charge in [0.25, 0.3) is 0 Å². The van der Waals surface area contributed by atoms with E-state index in [-0.39, 0.29) is 22.3 Å². The van der Waals surface area contributed by atoms with Crippen LogP contribution in [-0.2, 0) is 31.4 Å². The van der Waals surface area contributed by atoms with Gasteiger partial charge in [-0.1, -0.05) is 55.5 Å². The Hall–Kier alpha value is -3.05. The van der Waals surface area contributed by atoms with Crippen LogP contribution >= 0.6 is 0 Å². The molecule has 0 radical (unpaired) electrons. The zero-order chi connectivity index (χ0) is 26.5. The number of sulfonamides is 2. The van der Waals surface area contributed by atoms with E-state index in [1.807, 2.05) is 19.1 Å². The number of hydrogen-bond donors (Lipinski definition) is 1. The van der Waals surface area contributed by atoms with E-state index in [0.717, 1.165) is 22.7 Å². The van der Waals surface area contributed by atoms with Gasteiger partial charge in [-0.25, -0.2) is 16.8 Å². The molecular weight excluding hydrogens is 510 g/mol. The van der Waals surface area contributed by atoms with Crippen LogP contribution in [0.15, 0.2) is 94.7 Å². The molecule has 1 atom stereocenters. The van der Waals surface area contributed by atoms with E-state index in [2.05, 4.69) is 5.32 Å². The monoisotopic (exact) mass is 541 g/mol. The molecule has 0 aliphatic carbocycles. The summed E-state index contributed by atoms with van der Waals surface area (Å²) in [6, 6.07) is 23.0. The zero-order valence-electron chi connectivity index (χ0n) is 20.7. The smallest absolute Gasteiger partial charge is 0.243 e. The first-order valence-corrected chi connectivity index (χ1v) is 15.0. The Kier molecular flexibility index (Phi) is 8.43. The van der Waals surface area contributed by atoms with E-state index < -0.39 is 32.5 Å². The third kappa shape index (κ3) is 6.64. The average Bonchev–Trinajstić information content (AvgIpc) is 2.89. The number of amides is 1. The molecule has 1 aliphatic heterocycles. The highest BCUT2D eigenvalue weighted by atomic mass is 32.2. The molecule has 1 unspecified atom stereocenters. The molecule has 10 heteroatoms. The van der Waals surface area contributed by atoms with Gasteiger partial charge in [0.2, 0.25) is 26.0 Å². The number of nitrogens with one attached hydrogen (secondary N) is 1. The summed E-state index contributed by atoms with van der Waals surface area (Å²) in [5.41, 5.74) is 1.28. The van der Waals surface area contributed by atoms with Gasteiger partial charge < -0.3 is 5.32 Å². The van der Waals surface area contributed by atoms with E-state index in [4.69, 9.17) is 0 Å². The predicted molar refractivity (Wildman–Crippen MR) is 143 cm³/mol. The maximum absolute atomic E-state index is 13.6. The summed E-state index contributed by atoms with van der Waals surface area (Å²) < 4.78 is 56.0. The van der Waals surface area contributed by atoms with Crippen LogP contribution in [0, 0.1) is 5.92 Å². The average molecular weight is 542 g/mol. The van der Waals surface area contributed by atoms with Crippen LogP contribution < -0.4 is 5.32 Å². The number of carbonyl (C=O) groups excluding carboxylic acids is 1. The summed E-state index contributed by atoms with van der Waals surface area (Å²) in [6.07, 6.45) is 1.78. The fraction of sp³-hybridized carbons (Fsp3) is 0.296. The quantitative estimate of drug-likeness (QED) is 0.442. The van der Waals surface area contributed by atoms with Gasteiger partial charge >= 0.3 is 0 Å². The summed E-state index contributed by atoms with van der Waals surface area (Å²) in [6.45, 7) is 2.50. The Balaban J connectivity index is 1.58. The van der Waals surface area contributed by atoms with Gasteiger partial charge in [0.05, 0.1) is 16.3 Å². The fourth-order valence-electron chi connectivity index (χ4n) is 4.34. The fourth-order valence-corrected chi connectivity index (χ4v) is 7.32. The van der Waals surface area contributed by atoms with Crippen molar-refractivity contribution in [1.82, 2.24) is 8.61 Å². The molecule has 3 aromatic rings. The van der Waals surface area contributed by atoms with E-state index >= 15 is 0 Å². The number of carbonyl (C=O) groups is 1. The Morgan fingerprint density at radius 2 is 1.49 bits per heavy atom. The second-order valence-electron chi connectivity index (χ2n) is 9.25. The topological polar surface area (TPSA) is 104 Å². The highest BCUT2D eigenvalue weighted by Crippen LogP contribution is 2.26. The zero-order valence-corrected chi connectivity index (χ0v) is 22.3. The third-order valence-electron chi connectivity index (χ3n) is 6.30. The maximum Gasteiger partial charge on any atom is 0.243 e. The van der Waals surface area contributed by atoms with Crippen molar-refractivity contribution >= 4 is 31.6 Å². The summed E-state index contributed by atoms with van der Waals surface area (Å²) in [7, 11) is -7.84. The van der Waals surface area contributed by atoms with Crippen molar-refractivity contribution in [3.63, 3.8) is 0 Å². The number of rotatable bonds is 9. The molecular formula is C27H31N3O5S2. The van der Waals surface area contributed by atoms with Gasteiger partial charge in [-0.15, -0.1) is 0 Å². The van der Waals surface area contributed by atoms with Gasteiger partial charge in [-0.3, -0.25) is 4.79 Å². The maximum atomic E-state index is 13.6. The lowest BCUT2D eigenvalue weighted by molar-refractivity contribution is -0.116. The lowest BCUT2D eigenvalue weighted by atomic mass is 10.0. The molecule has 0 saturated carbocycles. The van der Waals surface area contributed by atoms with Gasteiger partial charge in [-0.2, -0.15) is 8.61 Å². The molecule has 1 N–H and O–H groups in total. The van der Waals surface area contributed by atoms with Crippen LogP contribution in [0.3, 0.4) is 0 Å². The molecule has 4 rings (SSSR count). The summed E-state index contributed by atoms with van der Waals surface area (Å²) in [5, 5.41) is 2.72. The van der Waals surface area contributed by atoms with E-state index in [1.54, 1.807) is 48.5 Å². The molecule has 1 heterocycles. The molecule has 37 heavy (non-hydrogen) atoms. The molecule has 1 amide bonds. The minimum atomic E-state index is -4.12. The van der Waals surface area contributed by atoms with Crippen LogP contribution in [0.2, 0.25) is 0 Å². The highest BCUT2D eigenvalue weighted by molar-refractivity contribution is 7.89. The van der Waals surface area contributed by atoms with E-state index in [0.29, 0.717) is 18.8 Å². The highest BCUT2D eigenvalue weighted by Gasteiger charge is 2.31. The lowest BCUT2D eigenvalue weighted by Gasteiger charge is -2.30. The van der Waals surface area contributed by atoms with Crippen LogP contribution in [0.4, 0.5) is 5.69 Å². The minimum absolute atomic E-state index is 0.0168. The number of nitrogens with zero attached hydrogens (tertiary/aromatic N) is 2. The first kappa shape index (κ1) is 27.0. The van der Waals surface area contributed by atoms with Crippen molar-refractivity contribution in [2.24, 2.45) is 5.92 Å². The second kappa shape index (κ2) is 11.6. The van der Waals surface area contributed by atoms with Crippen molar-refractivity contribution < 1.29 is 21.6 Å². The molecule has 0 aromatic heterocycles. The van der Waals surface area contributed by atoms with Gasteiger partial charge in [0, 0.05) is 25.3 Å². The Labute approximate surface area is 219 Å². The number of para-hydroxylation sites is 1. The van der Waals surface area contributed by atoms with Crippen LogP contribution in [-0.4, -0.2) is 51.0 Å². The van der Waals surface area contributed by atoms with Crippen molar-refractivity contribution in [2.45, 2.75) is 36.1 Å². The molecule has 0 spiro atoms. The SMILES string of the molecule is CC1CCCN(S(=O)(=O)c2ccc(S(=O)(=O)N(CC(=O)Nc3ccccc3)Cc3ccccc3)cc2)C1. The van der Waals surface area contributed by atoms with E-state index in [9.17, 15) is 21.6 Å². The molecule has 1 aliphatic rings. The first-order valence-electron chi connectivity index (χ1n) is 12.2. The van der Waals surface area contributed by atoms with Crippen molar-refractivity contribution in [3.8, 4) is 0 Å². The molecule has 8 nitrogen and oxygen atoms in total. The predicted octanol–water partition coefficient (Wildman–Crippen LogP) is 3.94. The van der Waals surface area contributed by atoms with Gasteiger partial charge in [-0.05, 0) is 60.7 Å². The van der Waals surface area contributed by atoms with Crippen molar-refractivity contribution in [3.05, 3.63) is 90.5 Å². The van der Waals surface area contributed by atoms with Crippen molar-refractivity contribution in [1.29, 1.82) is 0 Å². The largest absolute Gasteiger partial charge is 0.325 e. The third-order valence-corrected chi connectivity index (χ3v) is 9.98. The summed E-state index contributed by atoms with van der Waals surface area (Å²) in [5.74, 6) is -0.208. The normalized spacial score (nSPS) is 17.0. The van der Waals surface area contributed by atoms with Crippen molar-refractivity contribution in [2.75, 3.05) is 25.0 Å². The molecule has 3 aromatic carbocycles. The first-order chi connectivity index (χ1) is 17.7. The van der Waals surface area contributed by atoms with Gasteiger partial charge in [0.1, 0.15) is 0 Å². The van der Waals surface area contributed by atoms with Crippen LogP contribution in [0.25, 0.3) is 0 Å². The molecule has 196 valence electrons. The van der Waals surface area contributed by atoms with E-state index in [1.165, 1.54) is 28.6 Å². The number of benzene rings is 3. The molecule has 1 fully saturated rings. The summed E-state index contributed by atoms with van der Waals surface area (Å²) in [4.78, 5) is 12.7. The Morgan fingerprint density at radius 1 is 0.892 bits per heavy atom. The second-order valence-corrected chi connectivity index (χ2v) is 13.1. The lowest BCUT2D eigenvalue weighted by Crippen LogP contribution is -2.39. The Morgan fingerprint density at radius 3 is 2.11 bits per heavy atom. The number of anilines is 1. The number of piperidine rings is 1. The molecule has 0 bridgehead atoms. The summed E-state index contributed by atoms with van der Waals surface area (Å²) >= 11 is 0. The standard InChI is InChI=1S/C27H31N3O5S2/c1-22-9-8-18-29(19-22)36(32,33)25-14-16-26(17-15-25)37(34,35)30(20-23-10-4-2-5-11-23)21-27(31)28-24-12-6-3-7-13-24/h2-7,10-17,22H,8-9,18-21H2,1H3,(H,28,31). The Bertz CT molecular complexity index is 1410. The van der Waals surface area contributed by atoms with Crippen LogP contribution in [0.1, 0.15) is 25.3 Å². The number of hydrogen-bond acceptors (Lipinski definition) is 5. The van der Waals surface area contributed by atoms with Gasteiger partial charge in [0.15, 0.2) is 0 Å².